The van der Waals surface area contributed by atoms with Gasteiger partial charge in [-0.05, 0) is 58.3 Å². The van der Waals surface area contributed by atoms with Crippen LogP contribution in [0.1, 0.15) is 33.7 Å². The molecule has 2 amide bonds. The van der Waals surface area contributed by atoms with Gasteiger partial charge in [0.05, 0.1) is 28.6 Å². The minimum absolute atomic E-state index is 0.137. The predicted molar refractivity (Wildman–Crippen MR) is 158 cm³/mol. The maximum absolute atomic E-state index is 14.8. The molecule has 1 fully saturated rings. The van der Waals surface area contributed by atoms with Crippen LogP contribution in [0.25, 0.3) is 10.8 Å². The Balaban J connectivity index is 1.41. The fraction of sp³-hybridized carbons (Fsp3) is 0.139. The number of imide groups is 1. The zero-order valence-electron chi connectivity index (χ0n) is 22.0. The molecule has 40 heavy (non-hydrogen) atoms. The van der Waals surface area contributed by atoms with E-state index in [-0.39, 0.29) is 17.7 Å². The summed E-state index contributed by atoms with van der Waals surface area (Å²) < 4.78 is 0. The van der Waals surface area contributed by atoms with Crippen LogP contribution in [0.2, 0.25) is 0 Å². The highest BCUT2D eigenvalue weighted by molar-refractivity contribution is 6.27. The van der Waals surface area contributed by atoms with Crippen molar-refractivity contribution in [2.24, 2.45) is 16.8 Å². The van der Waals surface area contributed by atoms with Crippen molar-refractivity contribution in [1.29, 1.82) is 0 Å². The molecule has 5 aromatic rings. The van der Waals surface area contributed by atoms with Crippen LogP contribution in [0, 0.1) is 18.8 Å². The van der Waals surface area contributed by atoms with Gasteiger partial charge in [0.15, 0.2) is 0 Å². The molecule has 5 aliphatic carbocycles. The van der Waals surface area contributed by atoms with E-state index in [1.165, 1.54) is 4.90 Å². The number of carbonyl (C=O) groups excluding carboxylic acids is 2. The Bertz CT molecular complexity index is 1880. The van der Waals surface area contributed by atoms with E-state index in [1.54, 1.807) is 0 Å². The van der Waals surface area contributed by atoms with E-state index >= 15 is 0 Å². The number of aryl methyl sites for hydroxylation is 1. The first kappa shape index (κ1) is 23.1. The lowest BCUT2D eigenvalue weighted by Gasteiger charge is -2.48. The summed E-state index contributed by atoms with van der Waals surface area (Å²) in [5.74, 6) is -1.67. The molecule has 11 rings (SSSR count). The van der Waals surface area contributed by atoms with Crippen molar-refractivity contribution in [1.82, 2.24) is 0 Å². The highest BCUT2D eigenvalue weighted by Crippen LogP contribution is 2.60. The van der Waals surface area contributed by atoms with E-state index in [4.69, 9.17) is 4.99 Å². The highest BCUT2D eigenvalue weighted by atomic mass is 16.2. The van der Waals surface area contributed by atoms with Crippen LogP contribution >= 0.6 is 0 Å². The molecule has 1 heterocycles. The van der Waals surface area contributed by atoms with Gasteiger partial charge < -0.3 is 0 Å². The fourth-order valence-corrected chi connectivity index (χ4v) is 7.45. The number of hydrogen-bond acceptors (Lipinski definition) is 3. The number of rotatable bonds is 3. The molecule has 0 N–H and O–H groups in total. The van der Waals surface area contributed by atoms with E-state index in [1.807, 2.05) is 92.0 Å². The fourth-order valence-electron chi connectivity index (χ4n) is 7.45. The molecule has 0 radical (unpaired) electrons. The van der Waals surface area contributed by atoms with E-state index in [0.717, 1.165) is 44.3 Å². The van der Waals surface area contributed by atoms with Gasteiger partial charge in [-0.15, -0.1) is 0 Å². The lowest BCUT2D eigenvalue weighted by molar-refractivity contribution is -0.122. The highest BCUT2D eigenvalue weighted by Gasteiger charge is 2.65. The van der Waals surface area contributed by atoms with Crippen LogP contribution < -0.4 is 4.90 Å². The van der Waals surface area contributed by atoms with Gasteiger partial charge in [-0.1, -0.05) is 97.1 Å². The molecule has 4 atom stereocenters. The van der Waals surface area contributed by atoms with E-state index in [2.05, 4.69) is 36.4 Å². The van der Waals surface area contributed by atoms with Gasteiger partial charge in [0.2, 0.25) is 11.8 Å². The summed E-state index contributed by atoms with van der Waals surface area (Å²) in [5, 5.41) is 1.90. The Morgan fingerprint density at radius 1 is 0.775 bits per heavy atom. The van der Waals surface area contributed by atoms with Crippen molar-refractivity contribution in [2.75, 3.05) is 4.90 Å². The number of fused-ring (bicyclic) bond motifs is 1. The second-order valence-electron chi connectivity index (χ2n) is 11.2. The van der Waals surface area contributed by atoms with Crippen LogP contribution in [-0.4, -0.2) is 18.0 Å². The molecule has 5 aromatic carbocycles. The summed E-state index contributed by atoms with van der Waals surface area (Å²) >= 11 is 0. The number of hydrogen-bond donors (Lipinski definition) is 0. The number of amides is 2. The van der Waals surface area contributed by atoms with Gasteiger partial charge in [0.1, 0.15) is 0 Å². The van der Waals surface area contributed by atoms with E-state index in [0.29, 0.717) is 5.69 Å². The molecule has 0 aromatic heterocycles. The Labute approximate surface area is 232 Å². The third-order valence-corrected chi connectivity index (χ3v) is 9.12. The smallest absolute Gasteiger partial charge is 0.239 e. The maximum Gasteiger partial charge on any atom is 0.239 e. The third-order valence-electron chi connectivity index (χ3n) is 9.12. The summed E-state index contributed by atoms with van der Waals surface area (Å²) in [6.45, 7) is 2.05. The Hall–Kier alpha value is -4.83. The van der Waals surface area contributed by atoms with Crippen LogP contribution in [0.15, 0.2) is 120 Å². The predicted octanol–water partition coefficient (Wildman–Crippen LogP) is 7.10. The summed E-state index contributed by atoms with van der Waals surface area (Å²) in [7, 11) is 0. The van der Waals surface area contributed by atoms with Gasteiger partial charge in [0.25, 0.3) is 0 Å². The molecule has 1 aliphatic heterocycles. The van der Waals surface area contributed by atoms with Crippen LogP contribution in [-0.2, 0) is 15.0 Å². The number of anilines is 1. The molecule has 0 spiro atoms. The summed E-state index contributed by atoms with van der Waals surface area (Å²) in [6.07, 6.45) is 1.95. The van der Waals surface area contributed by atoms with Gasteiger partial charge in [-0.2, -0.15) is 0 Å². The summed E-state index contributed by atoms with van der Waals surface area (Å²) in [6, 6.07) is 38.6. The largest absolute Gasteiger partial charge is 0.274 e. The average molecular weight is 519 g/mol. The maximum atomic E-state index is 14.8. The van der Waals surface area contributed by atoms with Crippen LogP contribution in [0.5, 0.6) is 0 Å². The zero-order valence-corrected chi connectivity index (χ0v) is 22.0. The lowest BCUT2D eigenvalue weighted by atomic mass is 9.52. The number of aliphatic imine (C=N–C) groups is 1. The average Bonchev–Trinajstić information content (AvgIpc) is 3.23. The number of carbonyl (C=O) groups is 2. The minimum Gasteiger partial charge on any atom is -0.274 e. The van der Waals surface area contributed by atoms with Gasteiger partial charge in [-0.25, -0.2) is 4.90 Å². The minimum atomic E-state index is -0.896. The quantitative estimate of drug-likeness (QED) is 0.189. The monoisotopic (exact) mass is 518 g/mol. The molecular weight excluding hydrogens is 492 g/mol. The van der Waals surface area contributed by atoms with Crippen LogP contribution in [0.4, 0.5) is 11.4 Å². The van der Waals surface area contributed by atoms with Crippen molar-refractivity contribution in [2.45, 2.75) is 18.3 Å². The first-order chi connectivity index (χ1) is 19.6. The van der Waals surface area contributed by atoms with Crippen molar-refractivity contribution in [3.8, 4) is 0 Å². The van der Waals surface area contributed by atoms with Gasteiger partial charge in [0, 0.05) is 17.5 Å². The molecule has 6 aliphatic rings. The SMILES string of the molecule is Cc1cccc(N=C[C@@]23c4ccc(cc4)[C@@H](c4ccccc42)[C@@H]2C(=O)N(c4cccc5ccccc45)C(=O)[C@@H]23)c1. The number of benzene rings is 5. The second-order valence-corrected chi connectivity index (χ2v) is 11.2. The molecule has 4 heteroatoms. The van der Waals surface area contributed by atoms with Crippen LogP contribution in [0.3, 0.4) is 0 Å². The standard InChI is InChI=1S/C36H26N2O2/c1-22-8-6-11-26(20-22)37-21-36-25-18-16-24(17-19-25)31(28-13-4-5-14-29(28)36)32-33(36)35(40)38(34(32)39)30-15-7-10-23-9-2-3-12-27(23)30/h2-21,31-33H,1H3/t31-,32-,33+,36+/m0/s1. The third kappa shape index (κ3) is 2.99. The Morgan fingerprint density at radius 3 is 2.38 bits per heavy atom. The first-order valence-corrected chi connectivity index (χ1v) is 13.8. The molecule has 0 unspecified atom stereocenters. The van der Waals surface area contributed by atoms with Crippen molar-refractivity contribution < 1.29 is 9.59 Å². The van der Waals surface area contributed by atoms with Gasteiger partial charge >= 0.3 is 0 Å². The Morgan fingerprint density at radius 2 is 1.52 bits per heavy atom. The van der Waals surface area contributed by atoms with Crippen molar-refractivity contribution in [3.05, 3.63) is 143 Å². The number of nitrogens with zero attached hydrogens (tertiary/aromatic N) is 2. The molecule has 1 saturated heterocycles. The molecule has 4 bridgehead atoms. The summed E-state index contributed by atoms with van der Waals surface area (Å²) in [4.78, 5) is 35.8. The topological polar surface area (TPSA) is 49.7 Å². The zero-order chi connectivity index (χ0) is 27.0. The van der Waals surface area contributed by atoms with Gasteiger partial charge in [-0.3, -0.25) is 14.6 Å². The van der Waals surface area contributed by atoms with Crippen molar-refractivity contribution in [3.63, 3.8) is 0 Å². The Kier molecular flexibility index (Phi) is 4.81. The summed E-state index contributed by atoms with van der Waals surface area (Å²) in [5.41, 5.74) is 5.90. The molecule has 0 saturated carbocycles. The van der Waals surface area contributed by atoms with Crippen molar-refractivity contribution >= 4 is 40.2 Å². The first-order valence-electron chi connectivity index (χ1n) is 13.8. The van der Waals surface area contributed by atoms with E-state index in [9.17, 15) is 9.59 Å². The second kappa shape index (κ2) is 8.33. The molecule has 192 valence electrons. The van der Waals surface area contributed by atoms with E-state index < -0.39 is 17.3 Å². The molecule has 4 nitrogen and oxygen atoms in total. The lowest BCUT2D eigenvalue weighted by Crippen LogP contribution is -2.51. The normalized spacial score (nSPS) is 24.4. The molecular formula is C36H26N2O2.